The molecule has 0 aliphatic carbocycles. The van der Waals surface area contributed by atoms with Crippen LogP contribution in [0, 0.1) is 5.92 Å². The van der Waals surface area contributed by atoms with Crippen molar-refractivity contribution in [2.75, 3.05) is 13.7 Å². The Bertz CT molecular complexity index is 372. The lowest BCUT2D eigenvalue weighted by Gasteiger charge is -2.26. The molecular formula is C14H20O3. The van der Waals surface area contributed by atoms with Crippen LogP contribution in [0.15, 0.2) is 24.3 Å². The molecule has 0 N–H and O–H groups in total. The second kappa shape index (κ2) is 4.67. The molecule has 3 heteroatoms. The van der Waals surface area contributed by atoms with Gasteiger partial charge in [-0.1, -0.05) is 26.0 Å². The number of hydrogen-bond donors (Lipinski definition) is 0. The minimum absolute atomic E-state index is 0.190. The number of benzene rings is 1. The molecule has 2 atom stereocenters. The molecule has 1 heterocycles. The van der Waals surface area contributed by atoms with Gasteiger partial charge in [0, 0.05) is 5.56 Å². The predicted molar refractivity (Wildman–Crippen MR) is 66.0 cm³/mol. The molecule has 0 amide bonds. The van der Waals surface area contributed by atoms with Crippen LogP contribution in [-0.2, 0) is 9.47 Å². The van der Waals surface area contributed by atoms with E-state index in [1.807, 2.05) is 24.3 Å². The van der Waals surface area contributed by atoms with Crippen molar-refractivity contribution in [2.45, 2.75) is 32.7 Å². The Kier molecular flexibility index (Phi) is 3.40. The van der Waals surface area contributed by atoms with E-state index in [0.29, 0.717) is 12.5 Å². The van der Waals surface area contributed by atoms with E-state index >= 15 is 0 Å². The van der Waals surface area contributed by atoms with Crippen molar-refractivity contribution in [3.63, 3.8) is 0 Å². The lowest BCUT2D eigenvalue weighted by Crippen LogP contribution is -2.33. The van der Waals surface area contributed by atoms with Gasteiger partial charge in [-0.3, -0.25) is 0 Å². The quantitative estimate of drug-likeness (QED) is 0.806. The van der Waals surface area contributed by atoms with Gasteiger partial charge in [0.1, 0.15) is 5.75 Å². The fraction of sp³-hybridized carbons (Fsp3) is 0.571. The van der Waals surface area contributed by atoms with Crippen molar-refractivity contribution in [3.05, 3.63) is 29.8 Å². The highest BCUT2D eigenvalue weighted by atomic mass is 16.7. The molecular weight excluding hydrogens is 216 g/mol. The summed E-state index contributed by atoms with van der Waals surface area (Å²) in [6.07, 6.45) is -0.256. The zero-order valence-electron chi connectivity index (χ0n) is 10.9. The largest absolute Gasteiger partial charge is 0.497 e. The molecule has 94 valence electrons. The number of hydrogen-bond acceptors (Lipinski definition) is 3. The van der Waals surface area contributed by atoms with E-state index in [9.17, 15) is 0 Å². The molecule has 1 saturated heterocycles. The first-order valence-electron chi connectivity index (χ1n) is 5.98. The van der Waals surface area contributed by atoms with Crippen LogP contribution in [0.4, 0.5) is 0 Å². The third-order valence-electron chi connectivity index (χ3n) is 3.51. The minimum atomic E-state index is -0.256. The van der Waals surface area contributed by atoms with Crippen LogP contribution in [-0.4, -0.2) is 19.3 Å². The summed E-state index contributed by atoms with van der Waals surface area (Å²) in [5.41, 5.74) is 0.847. The van der Waals surface area contributed by atoms with E-state index in [-0.39, 0.29) is 11.9 Å². The van der Waals surface area contributed by atoms with Crippen LogP contribution in [0.5, 0.6) is 5.75 Å². The summed E-state index contributed by atoms with van der Waals surface area (Å²) in [6, 6.07) is 7.81. The summed E-state index contributed by atoms with van der Waals surface area (Å²) >= 11 is 0. The Morgan fingerprint density at radius 1 is 1.29 bits per heavy atom. The number of rotatable bonds is 3. The van der Waals surface area contributed by atoms with Crippen LogP contribution in [0.1, 0.15) is 32.6 Å². The van der Waals surface area contributed by atoms with Gasteiger partial charge in [-0.15, -0.1) is 0 Å². The zero-order chi connectivity index (χ0) is 12.5. The average Bonchev–Trinajstić information content (AvgIpc) is 2.74. The molecule has 2 rings (SSSR count). The highest BCUT2D eigenvalue weighted by Crippen LogP contribution is 2.37. The van der Waals surface area contributed by atoms with Crippen LogP contribution in [0.3, 0.4) is 0 Å². The minimum Gasteiger partial charge on any atom is -0.497 e. The highest BCUT2D eigenvalue weighted by molar-refractivity contribution is 5.28. The summed E-state index contributed by atoms with van der Waals surface area (Å²) in [4.78, 5) is 0. The van der Waals surface area contributed by atoms with Gasteiger partial charge in [-0.05, 0) is 25.0 Å². The van der Waals surface area contributed by atoms with Gasteiger partial charge in [0.05, 0.1) is 19.3 Å². The van der Waals surface area contributed by atoms with Gasteiger partial charge in [-0.25, -0.2) is 0 Å². The van der Waals surface area contributed by atoms with Gasteiger partial charge < -0.3 is 14.2 Å². The van der Waals surface area contributed by atoms with E-state index in [0.717, 1.165) is 11.3 Å². The maximum atomic E-state index is 6.01. The fourth-order valence-electron chi connectivity index (χ4n) is 1.78. The van der Waals surface area contributed by atoms with Crippen LogP contribution in [0.2, 0.25) is 0 Å². The summed E-state index contributed by atoms with van der Waals surface area (Å²) < 4.78 is 16.9. The molecule has 2 unspecified atom stereocenters. The van der Waals surface area contributed by atoms with Crippen molar-refractivity contribution < 1.29 is 14.2 Å². The van der Waals surface area contributed by atoms with Crippen LogP contribution < -0.4 is 4.74 Å². The molecule has 0 aromatic heterocycles. The molecule has 1 fully saturated rings. The first-order valence-corrected chi connectivity index (χ1v) is 5.98. The Morgan fingerprint density at radius 2 is 1.94 bits per heavy atom. The Morgan fingerprint density at radius 3 is 2.41 bits per heavy atom. The number of methoxy groups -OCH3 is 1. The smallest absolute Gasteiger partial charge is 0.184 e. The van der Waals surface area contributed by atoms with Gasteiger partial charge >= 0.3 is 0 Å². The highest BCUT2D eigenvalue weighted by Gasteiger charge is 2.40. The van der Waals surface area contributed by atoms with Gasteiger partial charge in [0.25, 0.3) is 0 Å². The molecule has 0 saturated carbocycles. The molecule has 3 nitrogen and oxygen atoms in total. The van der Waals surface area contributed by atoms with Crippen molar-refractivity contribution in [1.82, 2.24) is 0 Å². The first-order chi connectivity index (χ1) is 8.05. The molecule has 0 bridgehead atoms. The van der Waals surface area contributed by atoms with Crippen molar-refractivity contribution in [2.24, 2.45) is 5.92 Å². The molecule has 1 aliphatic rings. The molecule has 1 aromatic carbocycles. The van der Waals surface area contributed by atoms with Crippen molar-refractivity contribution in [3.8, 4) is 5.75 Å². The van der Waals surface area contributed by atoms with Crippen LogP contribution >= 0.6 is 0 Å². The summed E-state index contributed by atoms with van der Waals surface area (Å²) in [5, 5.41) is 0. The normalized spacial score (nSPS) is 28.6. The Hall–Kier alpha value is -1.06. The second-order valence-corrected chi connectivity index (χ2v) is 5.00. The zero-order valence-corrected chi connectivity index (χ0v) is 10.9. The fourth-order valence-corrected chi connectivity index (χ4v) is 1.78. The average molecular weight is 236 g/mol. The van der Waals surface area contributed by atoms with Gasteiger partial charge in [0.15, 0.2) is 6.29 Å². The van der Waals surface area contributed by atoms with E-state index in [1.165, 1.54) is 0 Å². The standard InChI is InChI=1S/C14H20O3/c1-10(2)14(3)9-16-13(17-14)11-5-7-12(15-4)8-6-11/h5-8,10,13H,9H2,1-4H3. The first kappa shape index (κ1) is 12.4. The Labute approximate surface area is 103 Å². The lowest BCUT2D eigenvalue weighted by molar-refractivity contribution is -0.100. The van der Waals surface area contributed by atoms with Crippen molar-refractivity contribution in [1.29, 1.82) is 0 Å². The lowest BCUT2D eigenvalue weighted by atomic mass is 9.94. The summed E-state index contributed by atoms with van der Waals surface area (Å²) in [5.74, 6) is 1.28. The van der Waals surface area contributed by atoms with E-state index in [4.69, 9.17) is 14.2 Å². The molecule has 1 aromatic rings. The number of ether oxygens (including phenoxy) is 3. The maximum Gasteiger partial charge on any atom is 0.184 e. The van der Waals surface area contributed by atoms with E-state index < -0.39 is 0 Å². The SMILES string of the molecule is COc1ccc(C2OCC(C)(C(C)C)O2)cc1. The summed E-state index contributed by atoms with van der Waals surface area (Å²) in [7, 11) is 1.66. The van der Waals surface area contributed by atoms with E-state index in [1.54, 1.807) is 7.11 Å². The van der Waals surface area contributed by atoms with Gasteiger partial charge in [-0.2, -0.15) is 0 Å². The molecule has 1 aliphatic heterocycles. The third-order valence-corrected chi connectivity index (χ3v) is 3.51. The monoisotopic (exact) mass is 236 g/mol. The summed E-state index contributed by atoms with van der Waals surface area (Å²) in [6.45, 7) is 7.04. The molecule has 17 heavy (non-hydrogen) atoms. The second-order valence-electron chi connectivity index (χ2n) is 5.00. The topological polar surface area (TPSA) is 27.7 Å². The maximum absolute atomic E-state index is 6.01. The third kappa shape index (κ3) is 2.45. The predicted octanol–water partition coefficient (Wildman–Crippen LogP) is 3.16. The molecule has 0 radical (unpaired) electrons. The van der Waals surface area contributed by atoms with E-state index in [2.05, 4.69) is 20.8 Å². The van der Waals surface area contributed by atoms with Gasteiger partial charge in [0.2, 0.25) is 0 Å². The Balaban J connectivity index is 2.09. The van der Waals surface area contributed by atoms with Crippen LogP contribution in [0.25, 0.3) is 0 Å². The van der Waals surface area contributed by atoms with Crippen molar-refractivity contribution >= 4 is 0 Å². The molecule has 0 spiro atoms.